The van der Waals surface area contributed by atoms with Gasteiger partial charge in [-0.1, -0.05) is 66.2 Å². The van der Waals surface area contributed by atoms with E-state index in [4.69, 9.17) is 11.6 Å². The molecular weight excluding hydrogens is 474 g/mol. The molecule has 0 radical (unpaired) electrons. The first kappa shape index (κ1) is 22.5. The second kappa shape index (κ2) is 9.24. The molecule has 3 heterocycles. The van der Waals surface area contributed by atoms with Crippen molar-refractivity contribution in [2.24, 2.45) is 0 Å². The first-order valence-electron chi connectivity index (χ1n) is 12.0. The van der Waals surface area contributed by atoms with Gasteiger partial charge in [0.05, 0.1) is 17.4 Å². The van der Waals surface area contributed by atoms with Crippen LogP contribution >= 0.6 is 11.6 Å². The van der Waals surface area contributed by atoms with E-state index in [1.165, 1.54) is 11.1 Å². The van der Waals surface area contributed by atoms with E-state index in [9.17, 15) is 9.59 Å². The summed E-state index contributed by atoms with van der Waals surface area (Å²) in [5, 5.41) is 9.95. The molecule has 0 spiro atoms. The number of halogens is 1. The Hall–Kier alpha value is -3.97. The van der Waals surface area contributed by atoms with Crippen molar-refractivity contribution in [2.75, 3.05) is 6.54 Å². The fraction of sp³-hybridized carbons (Fsp3) is 0.214. The highest BCUT2D eigenvalue weighted by molar-refractivity contribution is 6.31. The SMILES string of the molecule is O=C(CCc1nnc2n(Cc3ccccc3Cl)c(=O)c3ccccc3n12)N1CCc2ccccc2C1. The monoisotopic (exact) mass is 497 g/mol. The number of aromatic nitrogens is 4. The molecule has 6 rings (SSSR count). The van der Waals surface area contributed by atoms with E-state index in [1.807, 2.05) is 57.8 Å². The van der Waals surface area contributed by atoms with Crippen molar-refractivity contribution in [3.63, 3.8) is 0 Å². The van der Waals surface area contributed by atoms with Crippen LogP contribution in [0.3, 0.4) is 0 Å². The number of amides is 1. The molecule has 36 heavy (non-hydrogen) atoms. The molecule has 1 aliphatic rings. The number of benzene rings is 3. The Morgan fingerprint density at radius 3 is 2.53 bits per heavy atom. The van der Waals surface area contributed by atoms with E-state index in [2.05, 4.69) is 22.3 Å². The molecule has 0 aliphatic carbocycles. The van der Waals surface area contributed by atoms with Gasteiger partial charge in [0, 0.05) is 31.0 Å². The highest BCUT2D eigenvalue weighted by atomic mass is 35.5. The number of carbonyl (C=O) groups excluding carboxylic acids is 1. The molecule has 1 amide bonds. The second-order valence-corrected chi connectivity index (χ2v) is 9.49. The summed E-state index contributed by atoms with van der Waals surface area (Å²) in [5.74, 6) is 1.18. The van der Waals surface area contributed by atoms with Crippen LogP contribution in [0.4, 0.5) is 0 Å². The third-order valence-electron chi connectivity index (χ3n) is 6.91. The van der Waals surface area contributed by atoms with E-state index in [0.717, 1.165) is 24.0 Å². The summed E-state index contributed by atoms with van der Waals surface area (Å²) in [4.78, 5) is 28.4. The van der Waals surface area contributed by atoms with Gasteiger partial charge < -0.3 is 4.90 Å². The Bertz CT molecular complexity index is 1670. The van der Waals surface area contributed by atoms with Crippen LogP contribution in [0.5, 0.6) is 0 Å². The molecule has 0 atom stereocenters. The van der Waals surface area contributed by atoms with Crippen LogP contribution in [0.25, 0.3) is 16.7 Å². The fourth-order valence-electron chi connectivity index (χ4n) is 5.00. The van der Waals surface area contributed by atoms with Crippen molar-refractivity contribution >= 4 is 34.2 Å². The van der Waals surface area contributed by atoms with Crippen LogP contribution in [-0.2, 0) is 30.7 Å². The van der Waals surface area contributed by atoms with Gasteiger partial charge in [-0.3, -0.25) is 18.6 Å². The number of hydrogen-bond acceptors (Lipinski definition) is 4. The minimum absolute atomic E-state index is 0.0925. The van der Waals surface area contributed by atoms with E-state index in [0.29, 0.717) is 41.4 Å². The van der Waals surface area contributed by atoms with Gasteiger partial charge in [0.15, 0.2) is 0 Å². The molecule has 7 nitrogen and oxygen atoms in total. The van der Waals surface area contributed by atoms with Crippen LogP contribution in [0, 0.1) is 0 Å². The number of para-hydroxylation sites is 1. The van der Waals surface area contributed by atoms with Crippen molar-refractivity contribution in [1.29, 1.82) is 0 Å². The van der Waals surface area contributed by atoms with Crippen molar-refractivity contribution in [2.45, 2.75) is 32.4 Å². The van der Waals surface area contributed by atoms with Crippen molar-refractivity contribution in [3.8, 4) is 0 Å². The molecule has 0 saturated heterocycles. The standard InChI is InChI=1S/C28H24ClN5O2/c29-23-11-5-3-9-21(23)18-33-27(36)22-10-4-6-12-24(22)34-25(30-31-28(33)34)13-14-26(35)32-16-15-19-7-1-2-8-20(19)17-32/h1-12H,13-18H2. The molecule has 0 unspecified atom stereocenters. The molecule has 3 aromatic carbocycles. The average Bonchev–Trinajstić information content (AvgIpc) is 3.34. The van der Waals surface area contributed by atoms with Gasteiger partial charge in [-0.2, -0.15) is 0 Å². The van der Waals surface area contributed by atoms with E-state index < -0.39 is 0 Å². The van der Waals surface area contributed by atoms with Gasteiger partial charge >= 0.3 is 0 Å². The van der Waals surface area contributed by atoms with Gasteiger partial charge in [0.25, 0.3) is 5.56 Å². The third kappa shape index (κ3) is 3.95. The summed E-state index contributed by atoms with van der Waals surface area (Å²) < 4.78 is 3.50. The van der Waals surface area contributed by atoms with Crippen molar-refractivity contribution in [3.05, 3.63) is 111 Å². The number of carbonyl (C=O) groups is 1. The normalized spacial score (nSPS) is 13.3. The summed E-state index contributed by atoms with van der Waals surface area (Å²) >= 11 is 6.39. The molecule has 180 valence electrons. The Kier molecular flexibility index (Phi) is 5.77. The number of hydrogen-bond donors (Lipinski definition) is 0. The summed E-state index contributed by atoms with van der Waals surface area (Å²) in [6.07, 6.45) is 1.61. The van der Waals surface area contributed by atoms with Gasteiger partial charge in [-0.05, 0) is 41.3 Å². The van der Waals surface area contributed by atoms with E-state index in [1.54, 1.807) is 16.7 Å². The molecule has 2 aromatic heterocycles. The maximum atomic E-state index is 13.4. The first-order valence-corrected chi connectivity index (χ1v) is 12.4. The maximum absolute atomic E-state index is 13.4. The fourth-order valence-corrected chi connectivity index (χ4v) is 5.20. The second-order valence-electron chi connectivity index (χ2n) is 9.09. The average molecular weight is 498 g/mol. The zero-order valence-electron chi connectivity index (χ0n) is 19.6. The molecule has 0 N–H and O–H groups in total. The zero-order chi connectivity index (χ0) is 24.6. The molecular formula is C28H24ClN5O2. The van der Waals surface area contributed by atoms with Gasteiger partial charge in [-0.25, -0.2) is 0 Å². The highest BCUT2D eigenvalue weighted by Crippen LogP contribution is 2.22. The quantitative estimate of drug-likeness (QED) is 0.363. The zero-order valence-corrected chi connectivity index (χ0v) is 20.4. The number of fused-ring (bicyclic) bond motifs is 4. The van der Waals surface area contributed by atoms with Crippen LogP contribution < -0.4 is 5.56 Å². The Labute approximate surface area is 212 Å². The number of nitrogens with zero attached hydrogens (tertiary/aromatic N) is 5. The predicted molar refractivity (Wildman–Crippen MR) is 139 cm³/mol. The van der Waals surface area contributed by atoms with Crippen LogP contribution in [0.1, 0.15) is 28.9 Å². The molecule has 1 aliphatic heterocycles. The minimum atomic E-state index is -0.153. The topological polar surface area (TPSA) is 72.5 Å². The lowest BCUT2D eigenvalue weighted by atomic mass is 9.99. The maximum Gasteiger partial charge on any atom is 0.263 e. The summed E-state index contributed by atoms with van der Waals surface area (Å²) in [6.45, 7) is 1.63. The molecule has 0 fully saturated rings. The molecule has 0 bridgehead atoms. The minimum Gasteiger partial charge on any atom is -0.338 e. The highest BCUT2D eigenvalue weighted by Gasteiger charge is 2.22. The van der Waals surface area contributed by atoms with Crippen LogP contribution in [0.2, 0.25) is 5.02 Å². The lowest BCUT2D eigenvalue weighted by Crippen LogP contribution is -2.36. The lowest BCUT2D eigenvalue weighted by molar-refractivity contribution is -0.132. The van der Waals surface area contributed by atoms with E-state index in [-0.39, 0.29) is 18.0 Å². The summed E-state index contributed by atoms with van der Waals surface area (Å²) in [6, 6.07) is 23.2. The molecule has 0 saturated carbocycles. The van der Waals surface area contributed by atoms with Gasteiger partial charge in [0.2, 0.25) is 11.7 Å². The lowest BCUT2D eigenvalue weighted by Gasteiger charge is -2.28. The first-order chi connectivity index (χ1) is 17.6. The van der Waals surface area contributed by atoms with Crippen LogP contribution in [-0.4, -0.2) is 36.5 Å². The summed E-state index contributed by atoms with van der Waals surface area (Å²) in [5.41, 5.74) is 3.92. The van der Waals surface area contributed by atoms with E-state index >= 15 is 0 Å². The van der Waals surface area contributed by atoms with Crippen molar-refractivity contribution in [1.82, 2.24) is 24.1 Å². The number of rotatable bonds is 5. The Balaban J connectivity index is 1.33. The van der Waals surface area contributed by atoms with Gasteiger partial charge in [-0.15, -0.1) is 10.2 Å². The number of aryl methyl sites for hydroxylation is 1. The largest absolute Gasteiger partial charge is 0.338 e. The Morgan fingerprint density at radius 2 is 1.67 bits per heavy atom. The van der Waals surface area contributed by atoms with Crippen LogP contribution in [0.15, 0.2) is 77.6 Å². The smallest absolute Gasteiger partial charge is 0.263 e. The third-order valence-corrected chi connectivity index (χ3v) is 7.28. The molecule has 8 heteroatoms. The predicted octanol–water partition coefficient (Wildman–Crippen LogP) is 4.26. The Morgan fingerprint density at radius 1 is 0.917 bits per heavy atom. The van der Waals surface area contributed by atoms with Crippen molar-refractivity contribution < 1.29 is 4.79 Å². The van der Waals surface area contributed by atoms with Gasteiger partial charge in [0.1, 0.15) is 5.82 Å². The molecule has 5 aromatic rings. The summed E-state index contributed by atoms with van der Waals surface area (Å²) in [7, 11) is 0.